The molecule has 1 atom stereocenters. The molecule has 0 radical (unpaired) electrons. The zero-order valence-electron chi connectivity index (χ0n) is 9.95. The topological polar surface area (TPSA) is 68.3 Å². The average molecular weight is 224 g/mol. The normalized spacial score (nSPS) is 12.4. The number of amides is 1. The summed E-state index contributed by atoms with van der Waals surface area (Å²) < 4.78 is 5.20. The largest absolute Gasteiger partial charge is 0.469 e. The van der Waals surface area contributed by atoms with Gasteiger partial charge >= 0.3 is 0 Å². The molecule has 0 fully saturated rings. The number of rotatable bonds is 6. The minimum Gasteiger partial charge on any atom is -0.469 e. The first-order chi connectivity index (χ1) is 7.69. The quantitative estimate of drug-likeness (QED) is 0.772. The van der Waals surface area contributed by atoms with Crippen molar-refractivity contribution in [1.82, 2.24) is 5.32 Å². The highest BCUT2D eigenvalue weighted by atomic mass is 16.3. The van der Waals surface area contributed by atoms with E-state index in [0.29, 0.717) is 12.1 Å². The second kappa shape index (κ2) is 6.33. The van der Waals surface area contributed by atoms with E-state index >= 15 is 0 Å². The Labute approximate surface area is 96.2 Å². The predicted octanol–water partition coefficient (Wildman–Crippen LogP) is 1.70. The Morgan fingerprint density at radius 3 is 2.94 bits per heavy atom. The Balaban J connectivity index is 2.46. The molecule has 1 aromatic heterocycles. The second-order valence-corrected chi connectivity index (χ2v) is 3.87. The van der Waals surface area contributed by atoms with Crippen LogP contribution in [0.4, 0.5) is 0 Å². The van der Waals surface area contributed by atoms with Gasteiger partial charge in [-0.25, -0.2) is 0 Å². The van der Waals surface area contributed by atoms with E-state index in [1.165, 1.54) is 0 Å². The van der Waals surface area contributed by atoms with E-state index in [-0.39, 0.29) is 11.9 Å². The first kappa shape index (κ1) is 12.8. The van der Waals surface area contributed by atoms with Crippen molar-refractivity contribution in [2.75, 3.05) is 6.54 Å². The van der Waals surface area contributed by atoms with E-state index in [9.17, 15) is 4.79 Å². The monoisotopic (exact) mass is 224 g/mol. The maximum Gasteiger partial charge on any atom is 0.254 e. The Morgan fingerprint density at radius 1 is 1.56 bits per heavy atom. The molecule has 4 nitrogen and oxygen atoms in total. The number of furan rings is 1. The highest BCUT2D eigenvalue weighted by molar-refractivity contribution is 5.95. The van der Waals surface area contributed by atoms with Crippen molar-refractivity contribution in [3.05, 3.63) is 23.7 Å². The van der Waals surface area contributed by atoms with Crippen LogP contribution in [0.3, 0.4) is 0 Å². The van der Waals surface area contributed by atoms with Crippen molar-refractivity contribution >= 4 is 5.91 Å². The van der Waals surface area contributed by atoms with Crippen molar-refractivity contribution in [1.29, 1.82) is 0 Å². The molecule has 0 aliphatic heterocycles. The van der Waals surface area contributed by atoms with Gasteiger partial charge in [0.25, 0.3) is 5.91 Å². The van der Waals surface area contributed by atoms with Crippen molar-refractivity contribution in [2.24, 2.45) is 5.73 Å². The van der Waals surface area contributed by atoms with Gasteiger partial charge in [-0.15, -0.1) is 0 Å². The van der Waals surface area contributed by atoms with Crippen LogP contribution in [-0.2, 0) is 6.42 Å². The maximum atomic E-state index is 11.8. The molecule has 0 bridgehead atoms. The number of nitrogens with one attached hydrogen (secondary N) is 1. The van der Waals surface area contributed by atoms with Gasteiger partial charge in [0.2, 0.25) is 0 Å². The molecule has 0 aliphatic rings. The van der Waals surface area contributed by atoms with Crippen molar-refractivity contribution < 1.29 is 9.21 Å². The number of hydrogen-bond donors (Lipinski definition) is 2. The predicted molar refractivity (Wildman–Crippen MR) is 63.3 cm³/mol. The summed E-state index contributed by atoms with van der Waals surface area (Å²) in [5, 5.41) is 2.82. The Kier molecular flexibility index (Phi) is 5.05. The zero-order valence-corrected chi connectivity index (χ0v) is 9.95. The molecule has 1 unspecified atom stereocenters. The fourth-order valence-corrected chi connectivity index (χ4v) is 1.61. The minimum absolute atomic E-state index is 0.0333. The molecular weight excluding hydrogens is 204 g/mol. The minimum atomic E-state index is -0.0999. The molecule has 0 spiro atoms. The van der Waals surface area contributed by atoms with Crippen LogP contribution in [0.25, 0.3) is 0 Å². The van der Waals surface area contributed by atoms with E-state index < -0.39 is 0 Å². The molecule has 1 heterocycles. The summed E-state index contributed by atoms with van der Waals surface area (Å²) in [6.07, 6.45) is 4.21. The summed E-state index contributed by atoms with van der Waals surface area (Å²) in [5.41, 5.74) is 6.44. The molecule has 0 aliphatic carbocycles. The van der Waals surface area contributed by atoms with Crippen LogP contribution in [0.1, 0.15) is 42.8 Å². The Morgan fingerprint density at radius 2 is 2.31 bits per heavy atom. The lowest BCUT2D eigenvalue weighted by molar-refractivity contribution is 0.0949. The average Bonchev–Trinajstić information content (AvgIpc) is 2.74. The Bertz CT molecular complexity index is 334. The lowest BCUT2D eigenvalue weighted by atomic mass is 10.1. The first-order valence-electron chi connectivity index (χ1n) is 5.79. The highest BCUT2D eigenvalue weighted by Gasteiger charge is 2.13. The van der Waals surface area contributed by atoms with Crippen LogP contribution in [0.15, 0.2) is 16.7 Å². The van der Waals surface area contributed by atoms with Crippen LogP contribution in [0, 0.1) is 0 Å². The summed E-state index contributed by atoms with van der Waals surface area (Å²) in [5.74, 6) is 0.624. The first-order valence-corrected chi connectivity index (χ1v) is 5.79. The molecule has 4 heteroatoms. The smallest absolute Gasteiger partial charge is 0.254 e. The summed E-state index contributed by atoms with van der Waals surface area (Å²) in [6, 6.07) is 1.73. The third-order valence-electron chi connectivity index (χ3n) is 2.50. The van der Waals surface area contributed by atoms with Crippen molar-refractivity contribution in [3.63, 3.8) is 0 Å². The summed E-state index contributed by atoms with van der Waals surface area (Å²) in [6.45, 7) is 4.55. The lowest BCUT2D eigenvalue weighted by Gasteiger charge is -2.11. The van der Waals surface area contributed by atoms with Gasteiger partial charge in [-0.1, -0.05) is 20.3 Å². The summed E-state index contributed by atoms with van der Waals surface area (Å²) in [4.78, 5) is 11.8. The molecule has 16 heavy (non-hydrogen) atoms. The number of hydrogen-bond acceptors (Lipinski definition) is 3. The molecule has 1 rings (SSSR count). The number of nitrogens with two attached hydrogens (primary N) is 1. The maximum absolute atomic E-state index is 11.8. The van der Waals surface area contributed by atoms with Crippen molar-refractivity contribution in [3.8, 4) is 0 Å². The number of aryl methyl sites for hydroxylation is 1. The highest BCUT2D eigenvalue weighted by Crippen LogP contribution is 2.10. The molecule has 0 aromatic carbocycles. The molecule has 0 saturated heterocycles. The number of carbonyl (C=O) groups excluding carboxylic acids is 1. The standard InChI is InChI=1S/C12H20N2O2/c1-3-5-9(13)8-14-12(15)10-6-7-16-11(10)4-2/h6-7,9H,3-5,8,13H2,1-2H3,(H,14,15). The SMILES string of the molecule is CCCC(N)CNC(=O)c1ccoc1CC. The van der Waals surface area contributed by atoms with Crippen LogP contribution in [-0.4, -0.2) is 18.5 Å². The van der Waals surface area contributed by atoms with Gasteiger partial charge in [-0.2, -0.15) is 0 Å². The lowest BCUT2D eigenvalue weighted by Crippen LogP contribution is -2.37. The molecule has 0 saturated carbocycles. The van der Waals surface area contributed by atoms with Gasteiger partial charge in [0.1, 0.15) is 5.76 Å². The van der Waals surface area contributed by atoms with Gasteiger partial charge in [0.15, 0.2) is 0 Å². The third kappa shape index (κ3) is 3.38. The van der Waals surface area contributed by atoms with Gasteiger partial charge in [0.05, 0.1) is 11.8 Å². The summed E-state index contributed by atoms with van der Waals surface area (Å²) in [7, 11) is 0. The molecule has 90 valence electrons. The van der Waals surface area contributed by atoms with E-state index in [4.69, 9.17) is 10.2 Å². The molecule has 1 amide bonds. The van der Waals surface area contributed by atoms with Crippen molar-refractivity contribution in [2.45, 2.75) is 39.2 Å². The zero-order chi connectivity index (χ0) is 12.0. The Hall–Kier alpha value is -1.29. The summed E-state index contributed by atoms with van der Waals surface area (Å²) >= 11 is 0. The van der Waals surface area contributed by atoms with Crippen LogP contribution in [0.2, 0.25) is 0 Å². The third-order valence-corrected chi connectivity index (χ3v) is 2.50. The van der Waals surface area contributed by atoms with Gasteiger partial charge in [-0.3, -0.25) is 4.79 Å². The van der Waals surface area contributed by atoms with E-state index in [2.05, 4.69) is 12.2 Å². The van der Waals surface area contributed by atoms with Crippen LogP contribution < -0.4 is 11.1 Å². The molecular formula is C12H20N2O2. The second-order valence-electron chi connectivity index (χ2n) is 3.87. The molecule has 1 aromatic rings. The van der Waals surface area contributed by atoms with Crippen LogP contribution >= 0.6 is 0 Å². The van der Waals surface area contributed by atoms with Gasteiger partial charge in [-0.05, 0) is 12.5 Å². The number of carbonyl (C=O) groups is 1. The fourth-order valence-electron chi connectivity index (χ4n) is 1.61. The molecule has 3 N–H and O–H groups in total. The van der Waals surface area contributed by atoms with E-state index in [1.54, 1.807) is 12.3 Å². The van der Waals surface area contributed by atoms with E-state index in [1.807, 2.05) is 6.92 Å². The van der Waals surface area contributed by atoms with Gasteiger partial charge < -0.3 is 15.5 Å². The van der Waals surface area contributed by atoms with Crippen LogP contribution in [0.5, 0.6) is 0 Å². The fraction of sp³-hybridized carbons (Fsp3) is 0.583. The van der Waals surface area contributed by atoms with E-state index in [0.717, 1.165) is 25.0 Å². The van der Waals surface area contributed by atoms with Gasteiger partial charge in [0, 0.05) is 19.0 Å².